The Balaban J connectivity index is 0.883. The standard InChI is InChI=1S/C60H38N2/c1-2-13-45(14-3-1)60-61-57(38-58(62-60)44-27-23-42(24-28-44)52-20-10-16-40-11-4-7-17-51(40)52)43-25-21-39(22-26-43)46-29-30-48-36-50(32-31-47(48)35-46)59-54-19-9-6-15-49(54)37-56-53-18-8-5-12-41(53)33-34-55(56)59/h1-38H. The Kier molecular flexibility index (Phi) is 8.53. The second-order valence-corrected chi connectivity index (χ2v) is 16.1. The molecule has 0 aliphatic heterocycles. The first kappa shape index (κ1) is 35.7. The van der Waals surface area contributed by atoms with E-state index in [2.05, 4.69) is 212 Å². The highest BCUT2D eigenvalue weighted by molar-refractivity contribution is 6.20. The van der Waals surface area contributed by atoms with Gasteiger partial charge in [-0.05, 0) is 112 Å². The molecule has 0 saturated carbocycles. The average molecular weight is 787 g/mol. The van der Waals surface area contributed by atoms with E-state index in [4.69, 9.17) is 9.97 Å². The van der Waals surface area contributed by atoms with Gasteiger partial charge in [0.15, 0.2) is 5.82 Å². The molecule has 0 amide bonds. The molecule has 288 valence electrons. The van der Waals surface area contributed by atoms with Crippen molar-refractivity contribution in [2.45, 2.75) is 0 Å². The fourth-order valence-electron chi connectivity index (χ4n) is 9.30. The topological polar surface area (TPSA) is 25.8 Å². The van der Waals surface area contributed by atoms with E-state index in [0.29, 0.717) is 5.82 Å². The average Bonchev–Trinajstić information content (AvgIpc) is 3.35. The van der Waals surface area contributed by atoms with Crippen molar-refractivity contribution in [2.24, 2.45) is 0 Å². The molecule has 0 atom stereocenters. The molecule has 1 aromatic heterocycles. The van der Waals surface area contributed by atoms with Crippen LogP contribution in [0.2, 0.25) is 0 Å². The minimum atomic E-state index is 0.707. The first-order valence-corrected chi connectivity index (χ1v) is 21.2. The molecule has 2 heteroatoms. The van der Waals surface area contributed by atoms with Crippen LogP contribution >= 0.6 is 0 Å². The largest absolute Gasteiger partial charge is 0.228 e. The summed E-state index contributed by atoms with van der Waals surface area (Å²) >= 11 is 0. The number of nitrogens with zero attached hydrogens (tertiary/aromatic N) is 2. The third kappa shape index (κ3) is 6.29. The summed E-state index contributed by atoms with van der Waals surface area (Å²) in [5.74, 6) is 0.707. The number of hydrogen-bond acceptors (Lipinski definition) is 2. The van der Waals surface area contributed by atoms with Crippen LogP contribution in [0.5, 0.6) is 0 Å². The zero-order valence-corrected chi connectivity index (χ0v) is 33.8. The SMILES string of the molecule is c1ccc(-c2nc(-c3ccc(-c4ccc5cc(-c6c7ccccc7cc7c6ccc6ccccc67)ccc5c4)cc3)cc(-c3ccc(-c4cccc5ccccc45)cc3)n2)cc1. The molecular formula is C60H38N2. The lowest BCUT2D eigenvalue weighted by Crippen LogP contribution is -1.96. The zero-order valence-electron chi connectivity index (χ0n) is 33.8. The first-order valence-electron chi connectivity index (χ1n) is 21.2. The van der Waals surface area contributed by atoms with Gasteiger partial charge in [0.05, 0.1) is 11.4 Å². The van der Waals surface area contributed by atoms with Gasteiger partial charge in [-0.2, -0.15) is 0 Å². The molecule has 0 radical (unpaired) electrons. The summed E-state index contributed by atoms with van der Waals surface area (Å²) in [6.45, 7) is 0. The van der Waals surface area contributed by atoms with Crippen LogP contribution in [-0.2, 0) is 0 Å². The van der Waals surface area contributed by atoms with Gasteiger partial charge in [0.25, 0.3) is 0 Å². The number of aromatic nitrogens is 2. The Bertz CT molecular complexity index is 3660. The molecule has 0 aliphatic rings. The fraction of sp³-hybridized carbons (Fsp3) is 0. The number of hydrogen-bond donors (Lipinski definition) is 0. The second-order valence-electron chi connectivity index (χ2n) is 16.1. The lowest BCUT2D eigenvalue weighted by atomic mass is 9.89. The van der Waals surface area contributed by atoms with Gasteiger partial charge in [-0.15, -0.1) is 0 Å². The maximum Gasteiger partial charge on any atom is 0.160 e. The predicted octanol–water partition coefficient (Wildman–Crippen LogP) is 16.2. The summed E-state index contributed by atoms with van der Waals surface area (Å²) in [4.78, 5) is 10.2. The number of rotatable bonds is 6. The molecule has 0 N–H and O–H groups in total. The lowest BCUT2D eigenvalue weighted by molar-refractivity contribution is 1.18. The van der Waals surface area contributed by atoms with E-state index in [1.165, 1.54) is 81.7 Å². The van der Waals surface area contributed by atoms with Crippen LogP contribution in [0.3, 0.4) is 0 Å². The minimum absolute atomic E-state index is 0.707. The quantitative estimate of drug-likeness (QED) is 0.124. The van der Waals surface area contributed by atoms with Crippen LogP contribution in [-0.4, -0.2) is 9.97 Å². The number of benzene rings is 11. The van der Waals surface area contributed by atoms with Crippen molar-refractivity contribution in [1.82, 2.24) is 9.97 Å². The maximum atomic E-state index is 5.12. The molecule has 0 bridgehead atoms. The molecule has 2 nitrogen and oxygen atoms in total. The molecule has 62 heavy (non-hydrogen) atoms. The Morgan fingerprint density at radius 2 is 0.742 bits per heavy atom. The molecule has 0 spiro atoms. The van der Waals surface area contributed by atoms with E-state index in [1.54, 1.807) is 0 Å². The van der Waals surface area contributed by atoms with Crippen LogP contribution in [0.15, 0.2) is 231 Å². The van der Waals surface area contributed by atoms with E-state index in [1.807, 2.05) is 18.2 Å². The summed E-state index contributed by atoms with van der Waals surface area (Å²) in [5, 5.41) is 12.6. The van der Waals surface area contributed by atoms with Gasteiger partial charge in [0, 0.05) is 16.7 Å². The van der Waals surface area contributed by atoms with Gasteiger partial charge in [-0.1, -0.05) is 206 Å². The molecule has 0 aliphatic carbocycles. The van der Waals surface area contributed by atoms with Gasteiger partial charge in [-0.25, -0.2) is 9.97 Å². The van der Waals surface area contributed by atoms with Gasteiger partial charge >= 0.3 is 0 Å². The Morgan fingerprint density at radius 1 is 0.226 bits per heavy atom. The Hall–Kier alpha value is -8.20. The van der Waals surface area contributed by atoms with Crippen molar-refractivity contribution in [3.8, 4) is 67.3 Å². The molecular weight excluding hydrogens is 749 g/mol. The maximum absolute atomic E-state index is 5.12. The monoisotopic (exact) mass is 786 g/mol. The molecule has 12 aromatic rings. The zero-order chi connectivity index (χ0) is 41.0. The minimum Gasteiger partial charge on any atom is -0.228 e. The van der Waals surface area contributed by atoms with E-state index in [0.717, 1.165) is 33.6 Å². The smallest absolute Gasteiger partial charge is 0.160 e. The van der Waals surface area contributed by atoms with Crippen molar-refractivity contribution < 1.29 is 0 Å². The Morgan fingerprint density at radius 3 is 1.47 bits per heavy atom. The van der Waals surface area contributed by atoms with Crippen LogP contribution in [0, 0.1) is 0 Å². The van der Waals surface area contributed by atoms with E-state index < -0.39 is 0 Å². The summed E-state index contributed by atoms with van der Waals surface area (Å²) in [6, 6.07) is 83.1. The van der Waals surface area contributed by atoms with E-state index >= 15 is 0 Å². The van der Waals surface area contributed by atoms with E-state index in [9.17, 15) is 0 Å². The van der Waals surface area contributed by atoms with Gasteiger partial charge in [-0.3, -0.25) is 0 Å². The molecule has 11 aromatic carbocycles. The third-order valence-electron chi connectivity index (χ3n) is 12.5. The predicted molar refractivity (Wildman–Crippen MR) is 262 cm³/mol. The Labute approximate surface area is 360 Å². The van der Waals surface area contributed by atoms with Crippen LogP contribution in [0.4, 0.5) is 0 Å². The third-order valence-corrected chi connectivity index (χ3v) is 12.5. The highest BCUT2D eigenvalue weighted by Gasteiger charge is 2.15. The first-order chi connectivity index (χ1) is 30.7. The van der Waals surface area contributed by atoms with Crippen molar-refractivity contribution in [2.75, 3.05) is 0 Å². The van der Waals surface area contributed by atoms with Crippen LogP contribution in [0.1, 0.15) is 0 Å². The summed E-state index contributed by atoms with van der Waals surface area (Å²) in [7, 11) is 0. The van der Waals surface area contributed by atoms with E-state index in [-0.39, 0.29) is 0 Å². The molecule has 12 rings (SSSR count). The number of fused-ring (bicyclic) bond motifs is 6. The van der Waals surface area contributed by atoms with Crippen molar-refractivity contribution >= 4 is 53.9 Å². The normalized spacial score (nSPS) is 11.5. The summed E-state index contributed by atoms with van der Waals surface area (Å²) in [5.41, 5.74) is 12.1. The highest BCUT2D eigenvalue weighted by atomic mass is 14.9. The fourth-order valence-corrected chi connectivity index (χ4v) is 9.30. The van der Waals surface area contributed by atoms with Gasteiger partial charge in [0.2, 0.25) is 0 Å². The van der Waals surface area contributed by atoms with Crippen LogP contribution < -0.4 is 0 Å². The molecule has 0 fully saturated rings. The van der Waals surface area contributed by atoms with Gasteiger partial charge < -0.3 is 0 Å². The summed E-state index contributed by atoms with van der Waals surface area (Å²) < 4.78 is 0. The lowest BCUT2D eigenvalue weighted by Gasteiger charge is -2.15. The van der Waals surface area contributed by atoms with Gasteiger partial charge in [0.1, 0.15) is 0 Å². The van der Waals surface area contributed by atoms with Crippen molar-refractivity contribution in [3.63, 3.8) is 0 Å². The van der Waals surface area contributed by atoms with Crippen molar-refractivity contribution in [3.05, 3.63) is 231 Å². The highest BCUT2D eigenvalue weighted by Crippen LogP contribution is 2.41. The second kappa shape index (κ2) is 14.8. The molecule has 0 saturated heterocycles. The van der Waals surface area contributed by atoms with Crippen LogP contribution in [0.25, 0.3) is 121 Å². The summed E-state index contributed by atoms with van der Waals surface area (Å²) in [6.07, 6.45) is 0. The molecule has 0 unspecified atom stereocenters. The van der Waals surface area contributed by atoms with Crippen molar-refractivity contribution in [1.29, 1.82) is 0 Å². The molecule has 1 heterocycles.